The third-order valence-corrected chi connectivity index (χ3v) is 2.76. The van der Waals surface area contributed by atoms with E-state index in [0.29, 0.717) is 0 Å². The average molecular weight is 230 g/mol. The first-order valence-corrected chi connectivity index (χ1v) is 5.90. The molecule has 0 spiro atoms. The Bertz CT molecular complexity index is 508. The van der Waals surface area contributed by atoms with Crippen LogP contribution in [0.15, 0.2) is 24.3 Å². The van der Waals surface area contributed by atoms with E-state index in [-0.39, 0.29) is 6.04 Å². The molecule has 0 saturated carbocycles. The number of nitrogens with one attached hydrogen (secondary N) is 1. The van der Waals surface area contributed by atoms with Crippen LogP contribution in [0.4, 0.5) is 5.82 Å². The summed E-state index contributed by atoms with van der Waals surface area (Å²) in [7, 11) is 0. The Morgan fingerprint density at radius 1 is 1.24 bits per heavy atom. The zero-order chi connectivity index (χ0) is 12.3. The third-order valence-electron chi connectivity index (χ3n) is 2.76. The lowest BCUT2D eigenvalue weighted by Crippen LogP contribution is -2.19. The van der Waals surface area contributed by atoms with Crippen LogP contribution in [0.5, 0.6) is 0 Å². The molecule has 0 radical (unpaired) electrons. The first-order valence-electron chi connectivity index (χ1n) is 5.90. The van der Waals surface area contributed by atoms with Gasteiger partial charge < -0.3 is 11.1 Å². The maximum absolute atomic E-state index is 5.72. The standard InChI is InChI=1S/C13H18N4/c1-9(14)7-8-15-13-12-6-4-3-5-11(12)10(2)16-17-13/h3-6,9H,7-8,14H2,1-2H3,(H,15,17). The number of nitrogens with two attached hydrogens (primary N) is 1. The molecule has 0 aliphatic rings. The maximum atomic E-state index is 5.72. The van der Waals surface area contributed by atoms with E-state index in [0.717, 1.165) is 35.2 Å². The highest BCUT2D eigenvalue weighted by atomic mass is 15.2. The van der Waals surface area contributed by atoms with E-state index in [4.69, 9.17) is 5.73 Å². The zero-order valence-electron chi connectivity index (χ0n) is 10.3. The fraction of sp³-hybridized carbons (Fsp3) is 0.385. The van der Waals surface area contributed by atoms with Gasteiger partial charge in [0.1, 0.15) is 0 Å². The summed E-state index contributed by atoms with van der Waals surface area (Å²) in [4.78, 5) is 0. The average Bonchev–Trinajstić information content (AvgIpc) is 2.32. The minimum Gasteiger partial charge on any atom is -0.368 e. The van der Waals surface area contributed by atoms with Gasteiger partial charge in [-0.1, -0.05) is 24.3 Å². The lowest BCUT2D eigenvalue weighted by atomic mass is 10.1. The number of hydrogen-bond acceptors (Lipinski definition) is 4. The van der Waals surface area contributed by atoms with Crippen LogP contribution in [0.1, 0.15) is 19.0 Å². The Labute approximate surface area is 101 Å². The summed E-state index contributed by atoms with van der Waals surface area (Å²) in [6, 6.07) is 8.36. The second-order valence-electron chi connectivity index (χ2n) is 4.37. The van der Waals surface area contributed by atoms with Crippen molar-refractivity contribution in [1.82, 2.24) is 10.2 Å². The summed E-state index contributed by atoms with van der Waals surface area (Å²) in [6.07, 6.45) is 0.921. The molecule has 4 nitrogen and oxygen atoms in total. The van der Waals surface area contributed by atoms with Crippen LogP contribution >= 0.6 is 0 Å². The quantitative estimate of drug-likeness (QED) is 0.844. The maximum Gasteiger partial charge on any atom is 0.156 e. The Hall–Kier alpha value is -1.68. The number of aromatic nitrogens is 2. The molecule has 1 atom stereocenters. The van der Waals surface area contributed by atoms with E-state index >= 15 is 0 Å². The molecule has 0 aliphatic heterocycles. The number of hydrogen-bond donors (Lipinski definition) is 2. The topological polar surface area (TPSA) is 63.8 Å². The molecule has 1 unspecified atom stereocenters. The first-order chi connectivity index (χ1) is 8.18. The number of rotatable bonds is 4. The summed E-state index contributed by atoms with van der Waals surface area (Å²) in [5.41, 5.74) is 6.67. The molecule has 0 bridgehead atoms. The van der Waals surface area contributed by atoms with Gasteiger partial charge in [-0.3, -0.25) is 0 Å². The van der Waals surface area contributed by atoms with Crippen molar-refractivity contribution in [2.45, 2.75) is 26.3 Å². The molecule has 1 heterocycles. The van der Waals surface area contributed by atoms with Crippen molar-refractivity contribution < 1.29 is 0 Å². The van der Waals surface area contributed by atoms with Crippen molar-refractivity contribution in [2.24, 2.45) is 5.73 Å². The molecule has 2 aromatic rings. The number of fused-ring (bicyclic) bond motifs is 1. The molecule has 0 fully saturated rings. The lowest BCUT2D eigenvalue weighted by Gasteiger charge is -2.10. The molecule has 3 N–H and O–H groups in total. The van der Waals surface area contributed by atoms with E-state index in [1.165, 1.54) is 0 Å². The number of aryl methyl sites for hydroxylation is 1. The predicted octanol–water partition coefficient (Wildman–Crippen LogP) is 2.09. The molecule has 4 heteroatoms. The number of benzene rings is 1. The highest BCUT2D eigenvalue weighted by molar-refractivity contribution is 5.92. The Balaban J connectivity index is 2.26. The zero-order valence-corrected chi connectivity index (χ0v) is 10.3. The molecule has 1 aromatic heterocycles. The van der Waals surface area contributed by atoms with Crippen LogP contribution in [0, 0.1) is 6.92 Å². The van der Waals surface area contributed by atoms with Crippen molar-refractivity contribution in [3.05, 3.63) is 30.0 Å². The Morgan fingerprint density at radius 3 is 2.65 bits per heavy atom. The fourth-order valence-corrected chi connectivity index (χ4v) is 1.79. The van der Waals surface area contributed by atoms with Gasteiger partial charge in [0, 0.05) is 23.4 Å². The SMILES string of the molecule is Cc1nnc(NCCC(C)N)c2ccccc12. The second-order valence-corrected chi connectivity index (χ2v) is 4.37. The normalized spacial score (nSPS) is 12.6. The van der Waals surface area contributed by atoms with E-state index in [2.05, 4.69) is 27.6 Å². The monoisotopic (exact) mass is 230 g/mol. The minimum atomic E-state index is 0.201. The van der Waals surface area contributed by atoms with Gasteiger partial charge >= 0.3 is 0 Å². The third kappa shape index (κ3) is 2.71. The van der Waals surface area contributed by atoms with E-state index < -0.39 is 0 Å². The summed E-state index contributed by atoms with van der Waals surface area (Å²) in [5, 5.41) is 13.9. The van der Waals surface area contributed by atoms with Crippen LogP contribution in [-0.4, -0.2) is 22.8 Å². The summed E-state index contributed by atoms with van der Waals surface area (Å²) in [5.74, 6) is 0.840. The van der Waals surface area contributed by atoms with Crippen LogP contribution in [-0.2, 0) is 0 Å². The van der Waals surface area contributed by atoms with Crippen LogP contribution in [0.2, 0.25) is 0 Å². The van der Waals surface area contributed by atoms with Gasteiger partial charge in [-0.2, -0.15) is 5.10 Å². The Kier molecular flexibility index (Phi) is 3.54. The molecule has 1 aromatic carbocycles. The molecule has 0 aliphatic carbocycles. The fourth-order valence-electron chi connectivity index (χ4n) is 1.79. The highest BCUT2D eigenvalue weighted by Gasteiger charge is 2.05. The molecule has 17 heavy (non-hydrogen) atoms. The van der Waals surface area contributed by atoms with Gasteiger partial charge in [0.05, 0.1) is 5.69 Å². The van der Waals surface area contributed by atoms with Crippen molar-refractivity contribution in [1.29, 1.82) is 0 Å². The van der Waals surface area contributed by atoms with Crippen molar-refractivity contribution >= 4 is 16.6 Å². The number of anilines is 1. The largest absolute Gasteiger partial charge is 0.368 e. The summed E-state index contributed by atoms with van der Waals surface area (Å²) < 4.78 is 0. The van der Waals surface area contributed by atoms with Crippen LogP contribution < -0.4 is 11.1 Å². The summed E-state index contributed by atoms with van der Waals surface area (Å²) in [6.45, 7) is 4.79. The van der Waals surface area contributed by atoms with Crippen molar-refractivity contribution in [3.63, 3.8) is 0 Å². The minimum absolute atomic E-state index is 0.201. The summed E-state index contributed by atoms with van der Waals surface area (Å²) >= 11 is 0. The van der Waals surface area contributed by atoms with E-state index in [9.17, 15) is 0 Å². The first kappa shape index (κ1) is 11.8. The number of nitrogens with zero attached hydrogens (tertiary/aromatic N) is 2. The van der Waals surface area contributed by atoms with E-state index in [1.54, 1.807) is 0 Å². The van der Waals surface area contributed by atoms with Gasteiger partial charge in [0.2, 0.25) is 0 Å². The van der Waals surface area contributed by atoms with Crippen LogP contribution in [0.3, 0.4) is 0 Å². The van der Waals surface area contributed by atoms with Gasteiger partial charge in [0.25, 0.3) is 0 Å². The molecule has 2 rings (SSSR count). The molecule has 0 amide bonds. The molecular formula is C13H18N4. The Morgan fingerprint density at radius 2 is 1.94 bits per heavy atom. The molecule has 90 valence electrons. The van der Waals surface area contributed by atoms with Gasteiger partial charge in [0.15, 0.2) is 5.82 Å². The van der Waals surface area contributed by atoms with Gasteiger partial charge in [-0.05, 0) is 20.3 Å². The van der Waals surface area contributed by atoms with Gasteiger partial charge in [-0.25, -0.2) is 0 Å². The van der Waals surface area contributed by atoms with Crippen molar-refractivity contribution in [3.8, 4) is 0 Å². The lowest BCUT2D eigenvalue weighted by molar-refractivity contribution is 0.689. The van der Waals surface area contributed by atoms with Crippen molar-refractivity contribution in [2.75, 3.05) is 11.9 Å². The smallest absolute Gasteiger partial charge is 0.156 e. The highest BCUT2D eigenvalue weighted by Crippen LogP contribution is 2.21. The van der Waals surface area contributed by atoms with Gasteiger partial charge in [-0.15, -0.1) is 5.10 Å². The second kappa shape index (κ2) is 5.10. The predicted molar refractivity (Wildman–Crippen MR) is 71.0 cm³/mol. The van der Waals surface area contributed by atoms with Crippen LogP contribution in [0.25, 0.3) is 10.8 Å². The molecular weight excluding hydrogens is 212 g/mol. The molecule has 0 saturated heterocycles. The van der Waals surface area contributed by atoms with E-state index in [1.807, 2.05) is 26.0 Å².